The summed E-state index contributed by atoms with van der Waals surface area (Å²) in [5.41, 5.74) is 5.58. The van der Waals surface area contributed by atoms with Gasteiger partial charge in [-0.25, -0.2) is 0 Å². The Hall–Kier alpha value is -3.06. The molecule has 1 aliphatic heterocycles. The van der Waals surface area contributed by atoms with Gasteiger partial charge in [-0.05, 0) is 37.1 Å². The lowest BCUT2D eigenvalue weighted by atomic mass is 9.99. The van der Waals surface area contributed by atoms with Crippen molar-refractivity contribution in [2.45, 2.75) is 19.9 Å². The number of nitrogens with zero attached hydrogens (tertiary/aromatic N) is 2. The van der Waals surface area contributed by atoms with Crippen LogP contribution in [0.3, 0.4) is 0 Å². The molecule has 0 bridgehead atoms. The molecule has 0 aliphatic carbocycles. The van der Waals surface area contributed by atoms with E-state index in [2.05, 4.69) is 47.1 Å². The predicted octanol–water partition coefficient (Wildman–Crippen LogP) is 3.62. The zero-order valence-corrected chi connectivity index (χ0v) is 13.5. The number of carbonyl (C=O) groups excluding carboxylic acids is 1. The van der Waals surface area contributed by atoms with Gasteiger partial charge >= 0.3 is 0 Å². The molecule has 1 N–H and O–H groups in total. The normalized spacial score (nSPS) is 13.9. The number of aryl methyl sites for hydroxylation is 2. The van der Waals surface area contributed by atoms with E-state index in [1.807, 2.05) is 18.2 Å². The minimum atomic E-state index is -0.0444. The number of aromatic nitrogens is 1. The molecule has 2 aromatic carbocycles. The third-order valence-corrected chi connectivity index (χ3v) is 4.56. The minimum Gasteiger partial charge on any atom is -0.351 e. The molecule has 0 saturated heterocycles. The molecule has 118 valence electrons. The Morgan fingerprint density at radius 1 is 1.17 bits per heavy atom. The van der Waals surface area contributed by atoms with Crippen LogP contribution in [0.5, 0.6) is 0 Å². The molecule has 4 heteroatoms. The Morgan fingerprint density at radius 2 is 1.96 bits per heavy atom. The monoisotopic (exact) mass is 315 g/mol. The van der Waals surface area contributed by atoms with Gasteiger partial charge in [-0.15, -0.1) is 0 Å². The van der Waals surface area contributed by atoms with Crippen LogP contribution in [0.15, 0.2) is 42.5 Å². The summed E-state index contributed by atoms with van der Waals surface area (Å²) in [5, 5.41) is 13.2. The van der Waals surface area contributed by atoms with Gasteiger partial charge in [0.1, 0.15) is 5.69 Å². The number of nitrogens with one attached hydrogen (secondary N) is 1. The summed E-state index contributed by atoms with van der Waals surface area (Å²) in [7, 11) is 0. The van der Waals surface area contributed by atoms with Crippen molar-refractivity contribution in [2.24, 2.45) is 0 Å². The van der Waals surface area contributed by atoms with Gasteiger partial charge in [0.2, 0.25) is 0 Å². The molecule has 4 nitrogen and oxygen atoms in total. The lowest BCUT2D eigenvalue weighted by Crippen LogP contribution is -2.22. The summed E-state index contributed by atoms with van der Waals surface area (Å²) in [4.78, 5) is 12.3. The van der Waals surface area contributed by atoms with Crippen LogP contribution in [0.2, 0.25) is 0 Å². The first-order chi connectivity index (χ1) is 11.7. The highest BCUT2D eigenvalue weighted by Gasteiger charge is 2.21. The van der Waals surface area contributed by atoms with Crippen LogP contribution in [0.4, 0.5) is 0 Å². The van der Waals surface area contributed by atoms with Gasteiger partial charge in [0.15, 0.2) is 0 Å². The number of benzene rings is 2. The van der Waals surface area contributed by atoms with E-state index in [0.717, 1.165) is 35.0 Å². The Bertz CT molecular complexity index is 990. The molecule has 2 heterocycles. The van der Waals surface area contributed by atoms with Gasteiger partial charge in [-0.3, -0.25) is 4.79 Å². The fourth-order valence-electron chi connectivity index (χ4n) is 3.38. The van der Waals surface area contributed by atoms with Crippen molar-refractivity contribution in [1.29, 1.82) is 5.26 Å². The summed E-state index contributed by atoms with van der Waals surface area (Å²) >= 11 is 0. The third kappa shape index (κ3) is 2.26. The Kier molecular flexibility index (Phi) is 3.35. The highest BCUT2D eigenvalue weighted by molar-refractivity contribution is 6.03. The van der Waals surface area contributed by atoms with E-state index in [1.54, 1.807) is 0 Å². The fourth-order valence-corrected chi connectivity index (χ4v) is 3.38. The van der Waals surface area contributed by atoms with Gasteiger partial charge < -0.3 is 9.88 Å². The zero-order chi connectivity index (χ0) is 16.7. The molecular weight excluding hydrogens is 298 g/mol. The summed E-state index contributed by atoms with van der Waals surface area (Å²) in [6, 6.07) is 16.2. The van der Waals surface area contributed by atoms with Crippen molar-refractivity contribution >= 4 is 16.8 Å². The second-order valence-electron chi connectivity index (χ2n) is 6.23. The molecule has 24 heavy (non-hydrogen) atoms. The van der Waals surface area contributed by atoms with Gasteiger partial charge in [0.25, 0.3) is 5.91 Å². The van der Waals surface area contributed by atoms with Crippen molar-refractivity contribution in [2.75, 3.05) is 6.54 Å². The molecule has 1 aromatic heterocycles. The van der Waals surface area contributed by atoms with Crippen molar-refractivity contribution < 1.29 is 4.79 Å². The summed E-state index contributed by atoms with van der Waals surface area (Å²) in [6.45, 7) is 3.54. The lowest BCUT2D eigenvalue weighted by Gasteiger charge is -2.11. The summed E-state index contributed by atoms with van der Waals surface area (Å²) in [6.07, 6.45) is 0.899. The number of hydrogen-bond donors (Lipinski definition) is 1. The first kappa shape index (κ1) is 14.5. The standard InChI is InChI=1S/C20H17N3O/c1-13-3-5-15(6-4-13)17-10-14(12-21)9-16-11-18-20(24)22-7-2-8-23(18)19(16)17/h3-6,9-11H,2,7-8H2,1H3,(H,22,24). The molecule has 3 aromatic rings. The maximum atomic E-state index is 12.3. The molecule has 4 rings (SSSR count). The van der Waals surface area contributed by atoms with Crippen LogP contribution in [-0.4, -0.2) is 17.0 Å². The average molecular weight is 315 g/mol. The molecule has 1 aliphatic rings. The van der Waals surface area contributed by atoms with E-state index in [1.165, 1.54) is 5.56 Å². The summed E-state index contributed by atoms with van der Waals surface area (Å²) < 4.78 is 2.09. The van der Waals surface area contributed by atoms with Gasteiger partial charge in [0.05, 0.1) is 17.1 Å². The van der Waals surface area contributed by atoms with E-state index >= 15 is 0 Å². The Morgan fingerprint density at radius 3 is 2.71 bits per heavy atom. The Labute approximate surface area is 140 Å². The van der Waals surface area contributed by atoms with Crippen molar-refractivity contribution in [3.63, 3.8) is 0 Å². The molecule has 1 amide bonds. The van der Waals surface area contributed by atoms with Crippen molar-refractivity contribution in [3.05, 3.63) is 59.3 Å². The first-order valence-electron chi connectivity index (χ1n) is 8.10. The van der Waals surface area contributed by atoms with E-state index < -0.39 is 0 Å². The minimum absolute atomic E-state index is 0.0444. The molecule has 0 saturated carbocycles. The van der Waals surface area contributed by atoms with Crippen LogP contribution in [0.25, 0.3) is 22.0 Å². The number of rotatable bonds is 1. The predicted molar refractivity (Wildman–Crippen MR) is 93.8 cm³/mol. The van der Waals surface area contributed by atoms with E-state index in [4.69, 9.17) is 0 Å². The number of carbonyl (C=O) groups is 1. The second-order valence-corrected chi connectivity index (χ2v) is 6.23. The highest BCUT2D eigenvalue weighted by Crippen LogP contribution is 2.33. The zero-order valence-electron chi connectivity index (χ0n) is 13.5. The molecular formula is C20H17N3O. The van der Waals surface area contributed by atoms with E-state index in [9.17, 15) is 10.1 Å². The smallest absolute Gasteiger partial charge is 0.267 e. The van der Waals surface area contributed by atoms with Crippen LogP contribution >= 0.6 is 0 Å². The van der Waals surface area contributed by atoms with Crippen LogP contribution in [0.1, 0.15) is 28.0 Å². The Balaban J connectivity index is 2.06. The molecule has 0 atom stereocenters. The van der Waals surface area contributed by atoms with Gasteiger partial charge in [0, 0.05) is 24.0 Å². The lowest BCUT2D eigenvalue weighted by molar-refractivity contribution is 0.0951. The van der Waals surface area contributed by atoms with E-state index in [-0.39, 0.29) is 5.91 Å². The molecule has 0 fully saturated rings. The third-order valence-electron chi connectivity index (χ3n) is 4.56. The number of fused-ring (bicyclic) bond motifs is 3. The van der Waals surface area contributed by atoms with Crippen LogP contribution < -0.4 is 5.32 Å². The van der Waals surface area contributed by atoms with Gasteiger partial charge in [-0.2, -0.15) is 5.26 Å². The largest absolute Gasteiger partial charge is 0.351 e. The van der Waals surface area contributed by atoms with Crippen LogP contribution in [0, 0.1) is 18.3 Å². The van der Waals surface area contributed by atoms with E-state index in [0.29, 0.717) is 17.8 Å². The number of hydrogen-bond acceptors (Lipinski definition) is 2. The summed E-state index contributed by atoms with van der Waals surface area (Å²) in [5.74, 6) is -0.0444. The van der Waals surface area contributed by atoms with Gasteiger partial charge in [-0.1, -0.05) is 29.8 Å². The maximum Gasteiger partial charge on any atom is 0.267 e. The molecule has 0 spiro atoms. The quantitative estimate of drug-likeness (QED) is 0.745. The SMILES string of the molecule is Cc1ccc(-c2cc(C#N)cc3cc4n(c23)CCCNC4=O)cc1. The first-order valence-corrected chi connectivity index (χ1v) is 8.10. The van der Waals surface area contributed by atoms with Crippen molar-refractivity contribution in [1.82, 2.24) is 9.88 Å². The van der Waals surface area contributed by atoms with Crippen molar-refractivity contribution in [3.8, 4) is 17.2 Å². The second kappa shape index (κ2) is 5.54. The number of nitriles is 1. The fraction of sp³-hybridized carbons (Fsp3) is 0.200. The maximum absolute atomic E-state index is 12.3. The molecule has 0 unspecified atom stereocenters. The van der Waals surface area contributed by atoms with Crippen LogP contribution in [-0.2, 0) is 6.54 Å². The molecule has 0 radical (unpaired) electrons. The topological polar surface area (TPSA) is 57.8 Å². The number of amides is 1. The average Bonchev–Trinajstić information content (AvgIpc) is 2.87. The highest BCUT2D eigenvalue weighted by atomic mass is 16.1.